The van der Waals surface area contributed by atoms with Gasteiger partial charge in [0, 0.05) is 0 Å². The van der Waals surface area contributed by atoms with Crippen LogP contribution in [0, 0.1) is 0 Å². The van der Waals surface area contributed by atoms with Gasteiger partial charge in [0.2, 0.25) is 0 Å². The summed E-state index contributed by atoms with van der Waals surface area (Å²) in [4.78, 5) is 2.04. The lowest BCUT2D eigenvalue weighted by molar-refractivity contribution is -0.0512. The Balaban J connectivity index is 2.11. The summed E-state index contributed by atoms with van der Waals surface area (Å²) in [5.41, 5.74) is 0.334. The molecule has 2 aromatic rings. The molecule has 0 spiro atoms. The van der Waals surface area contributed by atoms with E-state index in [1.807, 2.05) is 11.8 Å². The Labute approximate surface area is 155 Å². The number of sulfonamides is 1. The zero-order valence-electron chi connectivity index (χ0n) is 14.6. The van der Waals surface area contributed by atoms with Crippen LogP contribution in [0.4, 0.5) is 8.78 Å². The molecular formula is C17H18F2N2O5S. The maximum Gasteiger partial charge on any atom is 0.387 e. The molecule has 7 nitrogen and oxygen atoms in total. The van der Waals surface area contributed by atoms with E-state index >= 15 is 0 Å². The molecule has 0 unspecified atom stereocenters. The molecule has 0 radical (unpaired) electrons. The summed E-state index contributed by atoms with van der Waals surface area (Å²) < 4.78 is 63.8. The van der Waals surface area contributed by atoms with E-state index in [1.54, 1.807) is 0 Å². The zero-order chi connectivity index (χ0) is 19.9. The second-order valence-electron chi connectivity index (χ2n) is 5.05. The highest BCUT2D eigenvalue weighted by atomic mass is 32.2. The first kappa shape index (κ1) is 20.4. The zero-order valence-corrected chi connectivity index (χ0v) is 15.4. The van der Waals surface area contributed by atoms with Crippen molar-refractivity contribution in [2.75, 3.05) is 13.7 Å². The van der Waals surface area contributed by atoms with Crippen LogP contribution < -0.4 is 19.0 Å². The van der Waals surface area contributed by atoms with Crippen molar-refractivity contribution in [3.05, 3.63) is 48.0 Å². The van der Waals surface area contributed by atoms with Crippen molar-refractivity contribution in [1.29, 1.82) is 0 Å². The summed E-state index contributed by atoms with van der Waals surface area (Å²) >= 11 is 0. The SMILES string of the molecule is CCOc1ccc(S(=O)(=O)N/N=C\c2ccc(OC)c(OC(F)F)c2)cc1. The number of halogens is 2. The predicted octanol–water partition coefficient (Wildman–Crippen LogP) is 3.01. The van der Waals surface area contributed by atoms with Gasteiger partial charge in [0.15, 0.2) is 11.5 Å². The monoisotopic (exact) mass is 400 g/mol. The molecule has 1 N–H and O–H groups in total. The maximum absolute atomic E-state index is 12.4. The smallest absolute Gasteiger partial charge is 0.387 e. The summed E-state index contributed by atoms with van der Waals surface area (Å²) in [5.74, 6) is 0.470. The molecular weight excluding hydrogens is 382 g/mol. The number of nitrogens with zero attached hydrogens (tertiary/aromatic N) is 1. The first-order valence-corrected chi connectivity index (χ1v) is 9.24. The van der Waals surface area contributed by atoms with Crippen LogP contribution in [0.3, 0.4) is 0 Å². The Morgan fingerprint density at radius 1 is 1.15 bits per heavy atom. The fourth-order valence-electron chi connectivity index (χ4n) is 2.07. The van der Waals surface area contributed by atoms with Crippen molar-refractivity contribution in [3.63, 3.8) is 0 Å². The Hall–Kier alpha value is -2.88. The van der Waals surface area contributed by atoms with Gasteiger partial charge in [-0.15, -0.1) is 0 Å². The lowest BCUT2D eigenvalue weighted by Gasteiger charge is -2.10. The van der Waals surface area contributed by atoms with Gasteiger partial charge >= 0.3 is 6.61 Å². The van der Waals surface area contributed by atoms with Crippen molar-refractivity contribution >= 4 is 16.2 Å². The van der Waals surface area contributed by atoms with E-state index in [4.69, 9.17) is 9.47 Å². The molecule has 0 bridgehead atoms. The molecule has 146 valence electrons. The number of hydrazone groups is 1. The molecule has 2 aromatic carbocycles. The molecule has 0 heterocycles. The van der Waals surface area contributed by atoms with Crippen molar-refractivity contribution in [1.82, 2.24) is 4.83 Å². The normalized spacial score (nSPS) is 11.6. The molecule has 0 saturated carbocycles. The number of hydrogen-bond donors (Lipinski definition) is 1. The Bertz CT molecular complexity index is 887. The number of nitrogens with one attached hydrogen (secondary N) is 1. The summed E-state index contributed by atoms with van der Waals surface area (Å²) in [7, 11) is -2.57. The fourth-order valence-corrected chi connectivity index (χ4v) is 2.86. The quantitative estimate of drug-likeness (QED) is 0.517. The third-order valence-electron chi connectivity index (χ3n) is 3.24. The van der Waals surface area contributed by atoms with Gasteiger partial charge in [-0.2, -0.15) is 22.3 Å². The summed E-state index contributed by atoms with van der Waals surface area (Å²) in [5, 5.41) is 3.65. The molecule has 27 heavy (non-hydrogen) atoms. The molecule has 0 aromatic heterocycles. The van der Waals surface area contributed by atoms with Gasteiger partial charge in [-0.05, 0) is 55.0 Å². The minimum atomic E-state index is -3.88. The lowest BCUT2D eigenvalue weighted by Crippen LogP contribution is -2.18. The number of hydrogen-bond acceptors (Lipinski definition) is 6. The molecule has 0 amide bonds. The first-order chi connectivity index (χ1) is 12.9. The molecule has 0 atom stereocenters. The topological polar surface area (TPSA) is 86.2 Å². The van der Waals surface area contributed by atoms with Gasteiger partial charge in [-0.25, -0.2) is 4.83 Å². The van der Waals surface area contributed by atoms with Crippen LogP contribution in [0.5, 0.6) is 17.2 Å². The van der Waals surface area contributed by atoms with Gasteiger partial charge in [-0.1, -0.05) is 0 Å². The number of methoxy groups -OCH3 is 1. The number of rotatable bonds is 9. The van der Waals surface area contributed by atoms with Gasteiger partial charge < -0.3 is 14.2 Å². The van der Waals surface area contributed by atoms with Crippen LogP contribution >= 0.6 is 0 Å². The van der Waals surface area contributed by atoms with E-state index in [2.05, 4.69) is 9.84 Å². The van der Waals surface area contributed by atoms with E-state index in [-0.39, 0.29) is 16.4 Å². The van der Waals surface area contributed by atoms with Gasteiger partial charge in [0.05, 0.1) is 24.8 Å². The summed E-state index contributed by atoms with van der Waals surface area (Å²) in [6, 6.07) is 9.97. The lowest BCUT2D eigenvalue weighted by atomic mass is 10.2. The van der Waals surface area contributed by atoms with E-state index in [1.165, 1.54) is 49.6 Å². The molecule has 0 aliphatic rings. The largest absolute Gasteiger partial charge is 0.494 e. The van der Waals surface area contributed by atoms with E-state index in [0.29, 0.717) is 17.9 Å². The van der Waals surface area contributed by atoms with Crippen LogP contribution in [0.1, 0.15) is 12.5 Å². The second-order valence-corrected chi connectivity index (χ2v) is 6.71. The molecule has 0 aliphatic carbocycles. The van der Waals surface area contributed by atoms with E-state index < -0.39 is 16.6 Å². The second kappa shape index (κ2) is 9.17. The van der Waals surface area contributed by atoms with Crippen molar-refractivity contribution in [2.45, 2.75) is 18.4 Å². The third kappa shape index (κ3) is 5.81. The maximum atomic E-state index is 12.4. The molecule has 0 aliphatic heterocycles. The highest BCUT2D eigenvalue weighted by Crippen LogP contribution is 2.29. The average Bonchev–Trinajstić information content (AvgIpc) is 2.62. The predicted molar refractivity (Wildman–Crippen MR) is 95.2 cm³/mol. The van der Waals surface area contributed by atoms with Gasteiger partial charge in [0.1, 0.15) is 5.75 Å². The minimum Gasteiger partial charge on any atom is -0.494 e. The highest BCUT2D eigenvalue weighted by molar-refractivity contribution is 7.89. The third-order valence-corrected chi connectivity index (χ3v) is 4.47. The van der Waals surface area contributed by atoms with E-state index in [9.17, 15) is 17.2 Å². The van der Waals surface area contributed by atoms with Crippen LogP contribution in [0.15, 0.2) is 52.5 Å². The standard InChI is InChI=1S/C17H18F2N2O5S/c1-3-25-13-5-7-14(8-6-13)27(22,23)21-20-11-12-4-9-15(24-2)16(10-12)26-17(18)19/h4-11,17,21H,3H2,1-2H3/b20-11-. The number of benzene rings is 2. The number of alkyl halides is 2. The highest BCUT2D eigenvalue weighted by Gasteiger charge is 2.13. The molecule has 2 rings (SSSR count). The Kier molecular flexibility index (Phi) is 6.94. The molecule has 10 heteroatoms. The summed E-state index contributed by atoms with van der Waals surface area (Å²) in [6.07, 6.45) is 1.16. The Morgan fingerprint density at radius 2 is 1.85 bits per heavy atom. The molecule has 0 saturated heterocycles. The number of ether oxygens (including phenoxy) is 3. The summed E-state index contributed by atoms with van der Waals surface area (Å²) in [6.45, 7) is -0.740. The average molecular weight is 400 g/mol. The fraction of sp³-hybridized carbons (Fsp3) is 0.235. The Morgan fingerprint density at radius 3 is 2.44 bits per heavy atom. The van der Waals surface area contributed by atoms with Crippen molar-refractivity contribution in [2.24, 2.45) is 5.10 Å². The van der Waals surface area contributed by atoms with Gasteiger partial charge in [0.25, 0.3) is 10.0 Å². The van der Waals surface area contributed by atoms with Crippen LogP contribution in [0.25, 0.3) is 0 Å². The van der Waals surface area contributed by atoms with Crippen molar-refractivity contribution < 1.29 is 31.4 Å². The van der Waals surface area contributed by atoms with E-state index in [0.717, 1.165) is 6.21 Å². The van der Waals surface area contributed by atoms with Gasteiger partial charge in [-0.3, -0.25) is 0 Å². The van der Waals surface area contributed by atoms with Crippen molar-refractivity contribution in [3.8, 4) is 17.2 Å². The van der Waals surface area contributed by atoms with Crippen LogP contribution in [0.2, 0.25) is 0 Å². The molecule has 0 fully saturated rings. The first-order valence-electron chi connectivity index (χ1n) is 7.76. The van der Waals surface area contributed by atoms with Crippen LogP contribution in [-0.2, 0) is 10.0 Å². The van der Waals surface area contributed by atoms with Crippen LogP contribution in [-0.4, -0.2) is 35.0 Å². The minimum absolute atomic E-state index is 0.000410.